The van der Waals surface area contributed by atoms with Crippen molar-refractivity contribution in [2.24, 2.45) is 10.2 Å². The molecule has 1 fully saturated rings. The highest BCUT2D eigenvalue weighted by atomic mass is 35.5. The van der Waals surface area contributed by atoms with Crippen LogP contribution in [0.5, 0.6) is 0 Å². The van der Waals surface area contributed by atoms with Crippen molar-refractivity contribution >= 4 is 63.8 Å². The van der Waals surface area contributed by atoms with Gasteiger partial charge in [0.1, 0.15) is 5.25 Å². The average Bonchev–Trinajstić information content (AvgIpc) is 2.97. The van der Waals surface area contributed by atoms with Crippen LogP contribution in [-0.4, -0.2) is 28.4 Å². The summed E-state index contributed by atoms with van der Waals surface area (Å²) >= 11 is 13.1. The lowest BCUT2D eigenvalue weighted by Crippen LogP contribution is -2.28. The number of thioether (sulfide) groups is 1. The number of hydrogen-bond donors (Lipinski definition) is 2. The number of hydrogen-bond acceptors (Lipinski definition) is 5. The molecule has 2 aromatic rings. The second-order valence-corrected chi connectivity index (χ2v) is 7.56. The van der Waals surface area contributed by atoms with Gasteiger partial charge in [0.15, 0.2) is 5.17 Å². The number of carbonyl (C=O) groups excluding carboxylic acids is 2. The Kier molecular flexibility index (Phi) is 6.49. The number of rotatable bonds is 5. The molecule has 2 N–H and O–H groups in total. The number of amidine groups is 1. The topological polar surface area (TPSA) is 82.9 Å². The predicted molar refractivity (Wildman–Crippen MR) is 111 cm³/mol. The lowest BCUT2D eigenvalue weighted by Gasteiger charge is -2.06. The normalized spacial score (nSPS) is 18.1. The monoisotopic (exact) mass is 420 g/mol. The van der Waals surface area contributed by atoms with Crippen molar-refractivity contribution in [3.8, 4) is 0 Å². The van der Waals surface area contributed by atoms with Crippen molar-refractivity contribution in [1.82, 2.24) is 5.32 Å². The maximum absolute atomic E-state index is 12.1. The number of anilines is 1. The van der Waals surface area contributed by atoms with E-state index in [1.54, 1.807) is 30.3 Å². The summed E-state index contributed by atoms with van der Waals surface area (Å²) in [5.41, 5.74) is 1.34. The second kappa shape index (κ2) is 9.03. The lowest BCUT2D eigenvalue weighted by atomic mass is 10.2. The van der Waals surface area contributed by atoms with Gasteiger partial charge in [0.25, 0.3) is 0 Å². The van der Waals surface area contributed by atoms with Gasteiger partial charge in [-0.05, 0) is 24.3 Å². The number of nitrogens with zero attached hydrogens (tertiary/aromatic N) is 2. The van der Waals surface area contributed by atoms with Crippen molar-refractivity contribution < 1.29 is 9.59 Å². The third kappa shape index (κ3) is 5.56. The Hall–Kier alpha value is -2.35. The van der Waals surface area contributed by atoms with E-state index in [2.05, 4.69) is 20.8 Å². The quantitative estimate of drug-likeness (QED) is 0.567. The Balaban J connectivity index is 1.57. The average molecular weight is 421 g/mol. The zero-order valence-corrected chi connectivity index (χ0v) is 16.2. The van der Waals surface area contributed by atoms with E-state index in [9.17, 15) is 9.59 Å². The Morgan fingerprint density at radius 1 is 1.22 bits per heavy atom. The van der Waals surface area contributed by atoms with Crippen LogP contribution in [0.3, 0.4) is 0 Å². The fourth-order valence-electron chi connectivity index (χ4n) is 2.24. The Bertz CT molecular complexity index is 919. The van der Waals surface area contributed by atoms with Crippen molar-refractivity contribution in [1.29, 1.82) is 0 Å². The largest absolute Gasteiger partial charge is 0.326 e. The summed E-state index contributed by atoms with van der Waals surface area (Å²) < 4.78 is 0. The van der Waals surface area contributed by atoms with Crippen molar-refractivity contribution in [3.05, 3.63) is 64.1 Å². The van der Waals surface area contributed by atoms with Gasteiger partial charge in [-0.1, -0.05) is 59.2 Å². The van der Waals surface area contributed by atoms with Gasteiger partial charge in [0.2, 0.25) is 11.8 Å². The molecule has 1 heterocycles. The molecular weight excluding hydrogens is 407 g/mol. The van der Waals surface area contributed by atoms with Gasteiger partial charge < -0.3 is 10.6 Å². The van der Waals surface area contributed by atoms with Gasteiger partial charge in [-0.3, -0.25) is 9.59 Å². The van der Waals surface area contributed by atoms with Crippen molar-refractivity contribution in [2.45, 2.75) is 11.7 Å². The highest BCUT2D eigenvalue weighted by molar-refractivity contribution is 8.15. The number of halogens is 2. The maximum Gasteiger partial charge on any atom is 0.240 e. The van der Waals surface area contributed by atoms with E-state index in [4.69, 9.17) is 23.2 Å². The van der Waals surface area contributed by atoms with Crippen molar-refractivity contribution in [2.75, 3.05) is 5.32 Å². The van der Waals surface area contributed by atoms with Gasteiger partial charge in [0, 0.05) is 22.7 Å². The smallest absolute Gasteiger partial charge is 0.240 e. The van der Waals surface area contributed by atoms with Gasteiger partial charge in [0.05, 0.1) is 11.2 Å². The summed E-state index contributed by atoms with van der Waals surface area (Å²) in [5.74, 6) is -0.520. The first kappa shape index (κ1) is 19.4. The molecule has 0 radical (unpaired) electrons. The van der Waals surface area contributed by atoms with Crippen LogP contribution in [0.2, 0.25) is 10.0 Å². The van der Waals surface area contributed by atoms with Gasteiger partial charge in [-0.15, -0.1) is 5.10 Å². The lowest BCUT2D eigenvalue weighted by molar-refractivity contribution is -0.122. The molecule has 1 atom stereocenters. The minimum absolute atomic E-state index is 0.0388. The first-order valence-corrected chi connectivity index (χ1v) is 9.53. The van der Waals surface area contributed by atoms with Gasteiger partial charge >= 0.3 is 0 Å². The number of nitrogens with one attached hydrogen (secondary N) is 2. The summed E-state index contributed by atoms with van der Waals surface area (Å²) in [6, 6.07) is 14.1. The zero-order valence-electron chi connectivity index (χ0n) is 13.9. The third-order valence-electron chi connectivity index (χ3n) is 3.51. The molecule has 2 aromatic carbocycles. The Morgan fingerprint density at radius 3 is 2.74 bits per heavy atom. The Labute approximate surface area is 170 Å². The molecule has 1 aliphatic heterocycles. The number of para-hydroxylation sites is 1. The number of amides is 2. The summed E-state index contributed by atoms with van der Waals surface area (Å²) in [5, 5.41) is 14.0. The first-order valence-electron chi connectivity index (χ1n) is 7.90. The van der Waals surface area contributed by atoms with Crippen LogP contribution >= 0.6 is 35.0 Å². The van der Waals surface area contributed by atoms with Crippen LogP contribution < -0.4 is 10.6 Å². The standard InChI is InChI=1S/C18H14Cl2N4O2S/c19-12-7-6-11(14(20)8-12)10-21-24-18-23-17(26)15(27-18)9-16(25)22-13-4-2-1-3-5-13/h1-8,10,15H,9H2,(H,22,25)(H,23,24,26)/b21-10+. The van der Waals surface area contributed by atoms with Gasteiger partial charge in [-0.2, -0.15) is 5.10 Å². The van der Waals surface area contributed by atoms with E-state index >= 15 is 0 Å². The van der Waals surface area contributed by atoms with Crippen LogP contribution in [0, 0.1) is 0 Å². The van der Waals surface area contributed by atoms with E-state index in [0.29, 0.717) is 26.5 Å². The minimum atomic E-state index is -0.554. The van der Waals surface area contributed by atoms with Crippen LogP contribution in [-0.2, 0) is 9.59 Å². The summed E-state index contributed by atoms with van der Waals surface area (Å²) in [7, 11) is 0. The number of benzene rings is 2. The molecule has 0 spiro atoms. The van der Waals surface area contributed by atoms with E-state index in [1.807, 2.05) is 18.2 Å². The van der Waals surface area contributed by atoms with Gasteiger partial charge in [-0.25, -0.2) is 0 Å². The van der Waals surface area contributed by atoms with E-state index in [0.717, 1.165) is 11.8 Å². The second-order valence-electron chi connectivity index (χ2n) is 5.53. The fraction of sp³-hybridized carbons (Fsp3) is 0.111. The highest BCUT2D eigenvalue weighted by Gasteiger charge is 2.32. The highest BCUT2D eigenvalue weighted by Crippen LogP contribution is 2.23. The summed E-state index contributed by atoms with van der Waals surface area (Å²) in [6.45, 7) is 0. The van der Waals surface area contributed by atoms with Crippen LogP contribution in [0.4, 0.5) is 5.69 Å². The molecule has 9 heteroatoms. The van der Waals surface area contributed by atoms with Crippen LogP contribution in [0.15, 0.2) is 58.7 Å². The molecule has 0 aliphatic carbocycles. The molecule has 3 rings (SSSR count). The van der Waals surface area contributed by atoms with Crippen LogP contribution in [0.25, 0.3) is 0 Å². The molecular formula is C18H14Cl2N4O2S. The molecule has 1 unspecified atom stereocenters. The maximum atomic E-state index is 12.1. The molecule has 138 valence electrons. The molecule has 1 saturated heterocycles. The molecule has 1 aliphatic rings. The van der Waals surface area contributed by atoms with Crippen LogP contribution in [0.1, 0.15) is 12.0 Å². The molecule has 0 aromatic heterocycles. The summed E-state index contributed by atoms with van der Waals surface area (Å²) in [6.07, 6.45) is 1.50. The minimum Gasteiger partial charge on any atom is -0.326 e. The molecule has 6 nitrogen and oxygen atoms in total. The van der Waals surface area contributed by atoms with E-state index in [1.165, 1.54) is 6.21 Å². The fourth-order valence-corrected chi connectivity index (χ4v) is 3.62. The molecule has 0 bridgehead atoms. The SMILES string of the molecule is O=C(CC1S/C(=N/N=C/c2ccc(Cl)cc2Cl)NC1=O)Nc1ccccc1. The van der Waals surface area contributed by atoms with E-state index in [-0.39, 0.29) is 18.2 Å². The number of carbonyl (C=O) groups is 2. The zero-order chi connectivity index (χ0) is 19.2. The molecule has 2 amide bonds. The first-order chi connectivity index (χ1) is 13.0. The Morgan fingerprint density at radius 2 is 2.00 bits per heavy atom. The third-order valence-corrected chi connectivity index (χ3v) is 5.15. The molecule has 27 heavy (non-hydrogen) atoms. The predicted octanol–water partition coefficient (Wildman–Crippen LogP) is 3.94. The van der Waals surface area contributed by atoms with E-state index < -0.39 is 5.25 Å². The molecule has 0 saturated carbocycles. The summed E-state index contributed by atoms with van der Waals surface area (Å²) in [4.78, 5) is 24.1. The van der Waals surface area contributed by atoms with Crippen molar-refractivity contribution in [3.63, 3.8) is 0 Å².